The number of benzene rings is 1. The van der Waals surface area contributed by atoms with Crippen LogP contribution in [0.1, 0.15) is 62.7 Å². The normalized spacial score (nSPS) is 17.7. The van der Waals surface area contributed by atoms with Crippen LogP contribution in [-0.4, -0.2) is 57.7 Å². The summed E-state index contributed by atoms with van der Waals surface area (Å²) in [6.07, 6.45) is 4.26. The van der Waals surface area contributed by atoms with Crippen LogP contribution in [0.25, 0.3) is 0 Å². The van der Waals surface area contributed by atoms with Crippen LogP contribution in [0.3, 0.4) is 0 Å². The number of anilines is 3. The molecular formula is C29H33ClF3N7O3. The van der Waals surface area contributed by atoms with Gasteiger partial charge in [0.15, 0.2) is 6.61 Å². The van der Waals surface area contributed by atoms with Gasteiger partial charge in [-0.15, -0.1) is 0 Å². The topological polar surface area (TPSA) is 130 Å². The van der Waals surface area contributed by atoms with Crippen molar-refractivity contribution >= 4 is 41.0 Å². The zero-order chi connectivity index (χ0) is 30.8. The minimum atomic E-state index is -4.57. The maximum Gasteiger partial charge on any atom is 0.422 e. The van der Waals surface area contributed by atoms with Crippen LogP contribution in [0.5, 0.6) is 6.01 Å². The van der Waals surface area contributed by atoms with E-state index in [1.54, 1.807) is 38.1 Å². The molecule has 0 aliphatic heterocycles. The maximum absolute atomic E-state index is 12.9. The van der Waals surface area contributed by atoms with Crippen molar-refractivity contribution in [1.82, 2.24) is 25.6 Å². The van der Waals surface area contributed by atoms with Gasteiger partial charge in [0, 0.05) is 28.9 Å². The maximum atomic E-state index is 12.9. The highest BCUT2D eigenvalue weighted by molar-refractivity contribution is 6.29. The summed E-state index contributed by atoms with van der Waals surface area (Å²) in [6, 6.07) is 6.11. The molecule has 5 rings (SSSR count). The van der Waals surface area contributed by atoms with E-state index in [1.807, 2.05) is 12.2 Å². The standard InChI is InChI=1S/C29H33ClF3N7O3/c1-27(2,23(42)35-20-11-12-20)15-34-22(41)17-3-9-21(10-4-17)36-24-37-25(39-26(38-24)43-16-29(31,32)33)40-28(13-14-28)18-5-7-19(30)8-6-18/h3-5,7,9-10,20H,6,8,11-16H2,1-2H3,(H,34,41)(H,35,42)(H2,36,37,38,39,40). The minimum Gasteiger partial charge on any atom is -0.454 e. The number of alkyl halides is 3. The van der Waals surface area contributed by atoms with E-state index in [-0.39, 0.29) is 36.3 Å². The molecule has 1 heterocycles. The predicted octanol–water partition coefficient (Wildman–Crippen LogP) is 5.38. The molecule has 1 aromatic heterocycles. The summed E-state index contributed by atoms with van der Waals surface area (Å²) in [7, 11) is 0. The fraction of sp³-hybridized carbons (Fsp3) is 0.483. The first-order valence-electron chi connectivity index (χ1n) is 14.1. The van der Waals surface area contributed by atoms with Gasteiger partial charge in [-0.05, 0) is 88.3 Å². The molecule has 0 atom stereocenters. The fourth-order valence-electron chi connectivity index (χ4n) is 4.48. The summed E-state index contributed by atoms with van der Waals surface area (Å²) < 4.78 is 43.4. The number of halogens is 4. The van der Waals surface area contributed by atoms with Crippen molar-refractivity contribution in [3.05, 3.63) is 52.6 Å². The number of amides is 2. The third-order valence-electron chi connectivity index (χ3n) is 7.42. The molecule has 43 heavy (non-hydrogen) atoms. The van der Waals surface area contributed by atoms with Crippen LogP contribution in [0.4, 0.5) is 30.8 Å². The summed E-state index contributed by atoms with van der Waals surface area (Å²) >= 11 is 6.10. The molecule has 3 aliphatic carbocycles. The van der Waals surface area contributed by atoms with Crippen LogP contribution < -0.4 is 26.0 Å². The largest absolute Gasteiger partial charge is 0.454 e. The Kier molecular flexibility index (Phi) is 8.55. The van der Waals surface area contributed by atoms with Crippen molar-refractivity contribution in [2.75, 3.05) is 23.8 Å². The van der Waals surface area contributed by atoms with E-state index in [0.717, 1.165) is 42.7 Å². The fourth-order valence-corrected chi connectivity index (χ4v) is 4.64. The first kappa shape index (κ1) is 30.6. The van der Waals surface area contributed by atoms with Crippen molar-refractivity contribution in [2.45, 2.75) is 70.1 Å². The first-order valence-corrected chi connectivity index (χ1v) is 14.4. The van der Waals surface area contributed by atoms with Crippen molar-refractivity contribution in [3.63, 3.8) is 0 Å². The van der Waals surface area contributed by atoms with Gasteiger partial charge in [-0.1, -0.05) is 17.7 Å². The van der Waals surface area contributed by atoms with E-state index in [0.29, 0.717) is 17.7 Å². The molecule has 4 N–H and O–H groups in total. The molecule has 0 bridgehead atoms. The van der Waals surface area contributed by atoms with Gasteiger partial charge in [0.1, 0.15) is 0 Å². The molecule has 0 saturated heterocycles. The molecule has 3 aliphatic rings. The summed E-state index contributed by atoms with van der Waals surface area (Å²) in [5.41, 5.74) is 0.783. The summed E-state index contributed by atoms with van der Waals surface area (Å²) in [5, 5.41) is 12.7. The summed E-state index contributed by atoms with van der Waals surface area (Å²) in [6.45, 7) is 2.14. The van der Waals surface area contributed by atoms with Gasteiger partial charge in [-0.25, -0.2) is 0 Å². The number of carbonyl (C=O) groups excluding carboxylic acids is 2. The van der Waals surface area contributed by atoms with Crippen LogP contribution in [0, 0.1) is 5.41 Å². The number of ether oxygens (including phenoxy) is 1. The third kappa shape index (κ3) is 8.37. The Bertz CT molecular complexity index is 1440. The second-order valence-electron chi connectivity index (χ2n) is 11.7. The second-order valence-corrected chi connectivity index (χ2v) is 12.2. The average molecular weight is 620 g/mol. The molecular weight excluding hydrogens is 587 g/mol. The van der Waals surface area contributed by atoms with Crippen LogP contribution >= 0.6 is 11.6 Å². The van der Waals surface area contributed by atoms with E-state index in [2.05, 4.69) is 36.2 Å². The summed E-state index contributed by atoms with van der Waals surface area (Å²) in [5.74, 6) is -0.426. The van der Waals surface area contributed by atoms with Gasteiger partial charge in [0.2, 0.25) is 17.8 Å². The number of hydrogen-bond donors (Lipinski definition) is 4. The van der Waals surface area contributed by atoms with Crippen LogP contribution in [0.2, 0.25) is 0 Å². The Hall–Kier alpha value is -3.87. The third-order valence-corrected chi connectivity index (χ3v) is 7.73. The lowest BCUT2D eigenvalue weighted by atomic mass is 9.92. The summed E-state index contributed by atoms with van der Waals surface area (Å²) in [4.78, 5) is 37.6. The number of aromatic nitrogens is 3. The Labute approximate surface area is 251 Å². The first-order chi connectivity index (χ1) is 20.3. The van der Waals surface area contributed by atoms with Gasteiger partial charge in [-0.3, -0.25) is 9.59 Å². The van der Waals surface area contributed by atoms with Gasteiger partial charge in [-0.2, -0.15) is 28.1 Å². The number of carbonyl (C=O) groups is 2. The smallest absolute Gasteiger partial charge is 0.422 e. The number of allylic oxidation sites excluding steroid dienone is 3. The van der Waals surface area contributed by atoms with Crippen molar-refractivity contribution in [1.29, 1.82) is 0 Å². The minimum absolute atomic E-state index is 0.0355. The number of nitrogens with zero attached hydrogens (tertiary/aromatic N) is 3. The molecule has 14 heteroatoms. The molecule has 2 fully saturated rings. The van der Waals surface area contributed by atoms with Gasteiger partial charge in [0.05, 0.1) is 11.0 Å². The average Bonchev–Trinajstić information content (AvgIpc) is 3.89. The molecule has 1 aromatic carbocycles. The van der Waals surface area contributed by atoms with E-state index in [4.69, 9.17) is 16.3 Å². The van der Waals surface area contributed by atoms with Gasteiger partial charge >= 0.3 is 12.2 Å². The molecule has 0 unspecified atom stereocenters. The quantitative estimate of drug-likeness (QED) is 0.249. The molecule has 0 spiro atoms. The highest BCUT2D eigenvalue weighted by atomic mass is 35.5. The highest BCUT2D eigenvalue weighted by Crippen LogP contribution is 2.48. The number of hydrogen-bond acceptors (Lipinski definition) is 8. The predicted molar refractivity (Wildman–Crippen MR) is 155 cm³/mol. The molecule has 2 aromatic rings. The number of rotatable bonds is 12. The molecule has 10 nitrogen and oxygen atoms in total. The van der Waals surface area contributed by atoms with E-state index < -0.39 is 29.7 Å². The molecule has 2 amide bonds. The van der Waals surface area contributed by atoms with Crippen LogP contribution in [0.15, 0.2) is 47.0 Å². The molecule has 2 saturated carbocycles. The zero-order valence-corrected chi connectivity index (χ0v) is 24.5. The van der Waals surface area contributed by atoms with E-state index in [9.17, 15) is 22.8 Å². The Morgan fingerprint density at radius 3 is 2.33 bits per heavy atom. The highest BCUT2D eigenvalue weighted by Gasteiger charge is 2.46. The Morgan fingerprint density at radius 2 is 1.72 bits per heavy atom. The van der Waals surface area contributed by atoms with Crippen molar-refractivity contribution in [3.8, 4) is 6.01 Å². The van der Waals surface area contributed by atoms with Gasteiger partial charge in [0.25, 0.3) is 5.91 Å². The lowest BCUT2D eigenvalue weighted by Gasteiger charge is -2.24. The number of nitrogens with one attached hydrogen (secondary N) is 4. The van der Waals surface area contributed by atoms with Crippen LogP contribution in [-0.2, 0) is 4.79 Å². The monoisotopic (exact) mass is 619 g/mol. The molecule has 0 radical (unpaired) electrons. The van der Waals surface area contributed by atoms with Crippen molar-refractivity contribution in [2.24, 2.45) is 5.41 Å². The van der Waals surface area contributed by atoms with E-state index in [1.165, 1.54) is 0 Å². The SMILES string of the molecule is CC(C)(CNC(=O)c1ccc(Nc2nc(NC3(C4=CC=C(Cl)CC4)CC3)nc(OCC(F)(F)F)n2)cc1)C(=O)NC1CC1. The lowest BCUT2D eigenvalue weighted by molar-refractivity contribution is -0.154. The Balaban J connectivity index is 1.26. The lowest BCUT2D eigenvalue weighted by Crippen LogP contribution is -2.45. The Morgan fingerprint density at radius 1 is 1.02 bits per heavy atom. The second kappa shape index (κ2) is 12.0. The zero-order valence-electron chi connectivity index (χ0n) is 23.8. The van der Waals surface area contributed by atoms with E-state index >= 15 is 0 Å². The molecule has 230 valence electrons. The van der Waals surface area contributed by atoms with Gasteiger partial charge < -0.3 is 26.0 Å². The van der Waals surface area contributed by atoms with Crippen molar-refractivity contribution < 1.29 is 27.5 Å².